The predicted octanol–water partition coefficient (Wildman–Crippen LogP) is 3.54. The third kappa shape index (κ3) is 3.52. The number of nitrogens with zero attached hydrogens (tertiary/aromatic N) is 1. The molecule has 80 valence electrons. The molecule has 0 aromatic carbocycles. The third-order valence-corrected chi connectivity index (χ3v) is 2.71. The molecule has 1 aliphatic carbocycles. The molecular formula is C12H21NO. The normalized spacial score (nSPS) is 18.5. The van der Waals surface area contributed by atoms with Gasteiger partial charge in [0, 0.05) is 5.92 Å². The minimum absolute atomic E-state index is 0.528. The van der Waals surface area contributed by atoms with Crippen LogP contribution in [0.5, 0.6) is 0 Å². The maximum Gasteiger partial charge on any atom is 0.135 e. The van der Waals surface area contributed by atoms with E-state index in [1.807, 2.05) is 0 Å². The van der Waals surface area contributed by atoms with E-state index in [1.54, 1.807) is 6.08 Å². The molecule has 0 aromatic heterocycles. The Bertz CT molecular complexity index is 192. The first-order valence-corrected chi connectivity index (χ1v) is 5.68. The molecule has 0 saturated heterocycles. The number of hydrogen-bond donors (Lipinski definition) is 0. The van der Waals surface area contributed by atoms with Crippen molar-refractivity contribution in [1.82, 2.24) is 0 Å². The molecule has 0 atom stereocenters. The van der Waals surface area contributed by atoms with Crippen molar-refractivity contribution < 1.29 is 4.84 Å². The molecule has 0 N–H and O–H groups in total. The lowest BCUT2D eigenvalue weighted by molar-refractivity contribution is 0.172. The maximum absolute atomic E-state index is 5.18. The molecule has 0 bridgehead atoms. The third-order valence-electron chi connectivity index (χ3n) is 2.71. The highest BCUT2D eigenvalue weighted by atomic mass is 16.6. The fourth-order valence-corrected chi connectivity index (χ4v) is 2.01. The fraction of sp³-hybridized carbons (Fsp3) is 0.750. The molecule has 0 amide bonds. The van der Waals surface area contributed by atoms with E-state index in [-0.39, 0.29) is 0 Å². The molecule has 0 radical (unpaired) electrons. The van der Waals surface area contributed by atoms with Gasteiger partial charge < -0.3 is 4.84 Å². The molecule has 1 rings (SSSR count). The summed E-state index contributed by atoms with van der Waals surface area (Å²) in [4.78, 5) is 5.18. The smallest absolute Gasteiger partial charge is 0.135 e. The first kappa shape index (κ1) is 11.3. The van der Waals surface area contributed by atoms with E-state index in [2.05, 4.69) is 18.7 Å². The van der Waals surface area contributed by atoms with Gasteiger partial charge in [-0.1, -0.05) is 44.0 Å². The Balaban J connectivity index is 2.43. The number of oxime groups is 1. The molecule has 2 heteroatoms. The monoisotopic (exact) mass is 195 g/mol. The van der Waals surface area contributed by atoms with Crippen LogP contribution >= 0.6 is 0 Å². The van der Waals surface area contributed by atoms with Crippen molar-refractivity contribution in [2.75, 3.05) is 6.61 Å². The van der Waals surface area contributed by atoms with Crippen molar-refractivity contribution in [3.8, 4) is 0 Å². The van der Waals surface area contributed by atoms with Crippen molar-refractivity contribution in [3.05, 3.63) is 12.7 Å². The van der Waals surface area contributed by atoms with Crippen LogP contribution in [0.3, 0.4) is 0 Å². The highest BCUT2D eigenvalue weighted by molar-refractivity contribution is 5.86. The Morgan fingerprint density at radius 2 is 2.21 bits per heavy atom. The molecule has 14 heavy (non-hydrogen) atoms. The highest BCUT2D eigenvalue weighted by Gasteiger charge is 2.20. The lowest BCUT2D eigenvalue weighted by Gasteiger charge is -2.11. The summed E-state index contributed by atoms with van der Waals surface area (Å²) >= 11 is 0. The van der Waals surface area contributed by atoms with Gasteiger partial charge >= 0.3 is 0 Å². The summed E-state index contributed by atoms with van der Waals surface area (Å²) in [6.45, 7) is 6.33. The summed E-state index contributed by atoms with van der Waals surface area (Å²) in [5.41, 5.74) is 1.27. The van der Waals surface area contributed by atoms with Gasteiger partial charge in [-0.3, -0.25) is 0 Å². The Kier molecular flexibility index (Phi) is 5.35. The Morgan fingerprint density at radius 1 is 1.50 bits per heavy atom. The zero-order valence-electron chi connectivity index (χ0n) is 9.17. The van der Waals surface area contributed by atoms with Crippen LogP contribution in [0.15, 0.2) is 17.8 Å². The van der Waals surface area contributed by atoms with E-state index >= 15 is 0 Å². The molecule has 0 aliphatic heterocycles. The number of rotatable bonds is 6. The first-order chi connectivity index (χ1) is 6.88. The van der Waals surface area contributed by atoms with Crippen molar-refractivity contribution >= 4 is 5.71 Å². The molecule has 0 heterocycles. The summed E-state index contributed by atoms with van der Waals surface area (Å²) in [5, 5.41) is 4.23. The van der Waals surface area contributed by atoms with Crippen LogP contribution in [0.2, 0.25) is 0 Å². The molecule has 0 spiro atoms. The SMILES string of the molecule is C=CCO/N=C(\CCC)C1CCCC1. The summed E-state index contributed by atoms with van der Waals surface area (Å²) in [6.07, 6.45) is 9.30. The second-order valence-electron chi connectivity index (χ2n) is 3.90. The van der Waals surface area contributed by atoms with Crippen molar-refractivity contribution in [1.29, 1.82) is 0 Å². The van der Waals surface area contributed by atoms with Crippen LogP contribution in [0.25, 0.3) is 0 Å². The second-order valence-corrected chi connectivity index (χ2v) is 3.90. The Hall–Kier alpha value is -0.790. The van der Waals surface area contributed by atoms with E-state index in [1.165, 1.54) is 31.4 Å². The lowest BCUT2D eigenvalue weighted by Crippen LogP contribution is -2.11. The molecule has 1 saturated carbocycles. The van der Waals surface area contributed by atoms with Gasteiger partial charge in [0.05, 0.1) is 5.71 Å². The summed E-state index contributed by atoms with van der Waals surface area (Å²) < 4.78 is 0. The van der Waals surface area contributed by atoms with E-state index in [4.69, 9.17) is 4.84 Å². The van der Waals surface area contributed by atoms with Crippen molar-refractivity contribution in [2.24, 2.45) is 11.1 Å². The van der Waals surface area contributed by atoms with E-state index < -0.39 is 0 Å². The standard InChI is InChI=1S/C12H21NO/c1-3-7-12(13-14-10-4-2)11-8-5-6-9-11/h4,11H,2-3,5-10H2,1H3/b13-12+. The highest BCUT2D eigenvalue weighted by Crippen LogP contribution is 2.27. The Morgan fingerprint density at radius 3 is 2.79 bits per heavy atom. The largest absolute Gasteiger partial charge is 0.392 e. The number of hydrogen-bond acceptors (Lipinski definition) is 2. The van der Waals surface area contributed by atoms with Crippen LogP contribution in [-0.4, -0.2) is 12.3 Å². The van der Waals surface area contributed by atoms with Crippen molar-refractivity contribution in [2.45, 2.75) is 45.4 Å². The summed E-state index contributed by atoms with van der Waals surface area (Å²) in [7, 11) is 0. The molecular weight excluding hydrogens is 174 g/mol. The zero-order chi connectivity index (χ0) is 10.2. The average molecular weight is 195 g/mol. The maximum atomic E-state index is 5.18. The van der Waals surface area contributed by atoms with Crippen LogP contribution in [0.1, 0.15) is 45.4 Å². The van der Waals surface area contributed by atoms with Gasteiger partial charge in [-0.15, -0.1) is 0 Å². The lowest BCUT2D eigenvalue weighted by atomic mass is 9.98. The zero-order valence-corrected chi connectivity index (χ0v) is 9.17. The molecule has 0 unspecified atom stereocenters. The average Bonchev–Trinajstić information content (AvgIpc) is 2.70. The van der Waals surface area contributed by atoms with Crippen LogP contribution < -0.4 is 0 Å². The Labute approximate surface area is 87.0 Å². The van der Waals surface area contributed by atoms with Gasteiger partial charge in [0.25, 0.3) is 0 Å². The molecule has 1 aliphatic rings. The van der Waals surface area contributed by atoms with Crippen molar-refractivity contribution in [3.63, 3.8) is 0 Å². The summed E-state index contributed by atoms with van der Waals surface area (Å²) in [5.74, 6) is 0.694. The van der Waals surface area contributed by atoms with Gasteiger partial charge in [-0.2, -0.15) is 0 Å². The van der Waals surface area contributed by atoms with Crippen LogP contribution in [0, 0.1) is 5.92 Å². The molecule has 2 nitrogen and oxygen atoms in total. The van der Waals surface area contributed by atoms with E-state index in [0.29, 0.717) is 12.5 Å². The minimum Gasteiger partial charge on any atom is -0.392 e. The van der Waals surface area contributed by atoms with E-state index in [9.17, 15) is 0 Å². The molecule has 1 fully saturated rings. The van der Waals surface area contributed by atoms with Gasteiger partial charge in [-0.05, 0) is 19.3 Å². The predicted molar refractivity (Wildman–Crippen MR) is 60.5 cm³/mol. The summed E-state index contributed by atoms with van der Waals surface area (Å²) in [6, 6.07) is 0. The minimum atomic E-state index is 0.528. The second kappa shape index (κ2) is 6.63. The van der Waals surface area contributed by atoms with Gasteiger partial charge in [0.2, 0.25) is 0 Å². The van der Waals surface area contributed by atoms with Crippen LogP contribution in [-0.2, 0) is 4.84 Å². The van der Waals surface area contributed by atoms with Gasteiger partial charge in [0.15, 0.2) is 0 Å². The quantitative estimate of drug-likeness (QED) is 0.275. The first-order valence-electron chi connectivity index (χ1n) is 5.68. The topological polar surface area (TPSA) is 21.6 Å². The van der Waals surface area contributed by atoms with Gasteiger partial charge in [0.1, 0.15) is 6.61 Å². The fourth-order valence-electron chi connectivity index (χ4n) is 2.01. The van der Waals surface area contributed by atoms with Gasteiger partial charge in [-0.25, -0.2) is 0 Å². The van der Waals surface area contributed by atoms with Crippen LogP contribution in [0.4, 0.5) is 0 Å². The van der Waals surface area contributed by atoms with E-state index in [0.717, 1.165) is 12.8 Å². The molecule has 0 aromatic rings.